The van der Waals surface area contributed by atoms with Gasteiger partial charge in [-0.25, -0.2) is 19.6 Å². The van der Waals surface area contributed by atoms with Gasteiger partial charge in [0.05, 0.1) is 18.8 Å². The number of rotatable bonds is 4. The van der Waals surface area contributed by atoms with Crippen molar-refractivity contribution < 1.29 is 19.1 Å². The number of imidazole rings is 1. The first-order valence-electron chi connectivity index (χ1n) is 5.84. The molecule has 0 atom stereocenters. The molecule has 0 bridgehead atoms. The first-order chi connectivity index (χ1) is 9.15. The Morgan fingerprint density at radius 2 is 1.84 bits per heavy atom. The number of ether oxygens (including phenoxy) is 2. The molecule has 0 fully saturated rings. The molecular formula is C12H13N3O4. The van der Waals surface area contributed by atoms with Gasteiger partial charge >= 0.3 is 11.9 Å². The summed E-state index contributed by atoms with van der Waals surface area (Å²) in [6.07, 6.45) is 4.33. The topological polar surface area (TPSA) is 82.8 Å². The SMILES string of the molecule is CCOC(=O)c1cnc2nc(C(=O)OCC)cn2c1. The Kier molecular flexibility index (Phi) is 3.74. The van der Waals surface area contributed by atoms with Gasteiger partial charge in [0.25, 0.3) is 0 Å². The van der Waals surface area contributed by atoms with E-state index in [1.807, 2.05) is 0 Å². The third-order valence-corrected chi connectivity index (χ3v) is 2.31. The number of carbonyl (C=O) groups is 2. The molecule has 2 aromatic heterocycles. The summed E-state index contributed by atoms with van der Waals surface area (Å²) >= 11 is 0. The second kappa shape index (κ2) is 5.47. The molecule has 100 valence electrons. The van der Waals surface area contributed by atoms with Crippen LogP contribution < -0.4 is 0 Å². The van der Waals surface area contributed by atoms with Gasteiger partial charge in [0.2, 0.25) is 5.78 Å². The summed E-state index contributed by atoms with van der Waals surface area (Å²) in [6.45, 7) is 3.99. The Morgan fingerprint density at radius 1 is 1.16 bits per heavy atom. The van der Waals surface area contributed by atoms with E-state index in [9.17, 15) is 9.59 Å². The zero-order valence-corrected chi connectivity index (χ0v) is 10.6. The van der Waals surface area contributed by atoms with Gasteiger partial charge in [0, 0.05) is 18.6 Å². The normalized spacial score (nSPS) is 10.4. The van der Waals surface area contributed by atoms with E-state index >= 15 is 0 Å². The van der Waals surface area contributed by atoms with Crippen LogP contribution in [0.25, 0.3) is 5.78 Å². The minimum Gasteiger partial charge on any atom is -0.462 e. The molecule has 0 saturated heterocycles. The zero-order chi connectivity index (χ0) is 13.8. The Balaban J connectivity index is 2.33. The Hall–Kier alpha value is -2.44. The lowest BCUT2D eigenvalue weighted by Gasteiger charge is -2.00. The Morgan fingerprint density at radius 3 is 2.53 bits per heavy atom. The lowest BCUT2D eigenvalue weighted by Crippen LogP contribution is -2.06. The molecule has 0 amide bonds. The number of hydrogen-bond acceptors (Lipinski definition) is 6. The summed E-state index contributed by atoms with van der Waals surface area (Å²) in [5.74, 6) is -0.676. The molecule has 2 aromatic rings. The maximum atomic E-state index is 11.5. The quantitative estimate of drug-likeness (QED) is 0.768. The number of fused-ring (bicyclic) bond motifs is 1. The van der Waals surface area contributed by atoms with Crippen LogP contribution >= 0.6 is 0 Å². The van der Waals surface area contributed by atoms with Gasteiger partial charge in [-0.1, -0.05) is 0 Å². The molecule has 7 heteroatoms. The van der Waals surface area contributed by atoms with Gasteiger partial charge in [-0.2, -0.15) is 0 Å². The average Bonchev–Trinajstić information content (AvgIpc) is 2.82. The van der Waals surface area contributed by atoms with Crippen molar-refractivity contribution >= 4 is 17.7 Å². The smallest absolute Gasteiger partial charge is 0.358 e. The van der Waals surface area contributed by atoms with E-state index < -0.39 is 11.9 Å². The predicted octanol–water partition coefficient (Wildman–Crippen LogP) is 1.08. The van der Waals surface area contributed by atoms with Crippen molar-refractivity contribution in [3.63, 3.8) is 0 Å². The molecule has 0 aliphatic heterocycles. The van der Waals surface area contributed by atoms with Crippen LogP contribution in [0, 0.1) is 0 Å². The second-order valence-corrected chi connectivity index (χ2v) is 3.62. The van der Waals surface area contributed by atoms with E-state index in [2.05, 4.69) is 9.97 Å². The number of nitrogens with zero attached hydrogens (tertiary/aromatic N) is 3. The maximum absolute atomic E-state index is 11.5. The van der Waals surface area contributed by atoms with Gasteiger partial charge in [-0.15, -0.1) is 0 Å². The first-order valence-corrected chi connectivity index (χ1v) is 5.84. The van der Waals surface area contributed by atoms with Gasteiger partial charge in [-0.05, 0) is 13.8 Å². The Labute approximate surface area is 109 Å². The molecule has 0 N–H and O–H groups in total. The highest BCUT2D eigenvalue weighted by atomic mass is 16.5. The lowest BCUT2D eigenvalue weighted by molar-refractivity contribution is 0.0513. The van der Waals surface area contributed by atoms with Crippen LogP contribution in [0.5, 0.6) is 0 Å². The molecule has 0 unspecified atom stereocenters. The average molecular weight is 263 g/mol. The summed E-state index contributed by atoms with van der Waals surface area (Å²) in [5, 5.41) is 0. The summed E-state index contributed by atoms with van der Waals surface area (Å²) in [4.78, 5) is 31.1. The summed E-state index contributed by atoms with van der Waals surface area (Å²) in [7, 11) is 0. The van der Waals surface area contributed by atoms with E-state index in [1.165, 1.54) is 23.0 Å². The van der Waals surface area contributed by atoms with Crippen LogP contribution in [0.4, 0.5) is 0 Å². The second-order valence-electron chi connectivity index (χ2n) is 3.62. The lowest BCUT2D eigenvalue weighted by atomic mass is 10.3. The molecular weight excluding hydrogens is 250 g/mol. The van der Waals surface area contributed by atoms with Crippen LogP contribution in [0.1, 0.15) is 34.7 Å². The molecule has 0 spiro atoms. The molecule has 19 heavy (non-hydrogen) atoms. The van der Waals surface area contributed by atoms with Crippen molar-refractivity contribution in [1.82, 2.24) is 14.4 Å². The summed E-state index contributed by atoms with van der Waals surface area (Å²) < 4.78 is 11.2. The molecule has 2 rings (SSSR count). The maximum Gasteiger partial charge on any atom is 0.358 e. The fourth-order valence-corrected chi connectivity index (χ4v) is 1.51. The van der Waals surface area contributed by atoms with Crippen molar-refractivity contribution in [2.45, 2.75) is 13.8 Å². The van der Waals surface area contributed by atoms with Gasteiger partial charge in [-0.3, -0.25) is 4.40 Å². The van der Waals surface area contributed by atoms with Gasteiger partial charge in [0.15, 0.2) is 5.69 Å². The van der Waals surface area contributed by atoms with Crippen LogP contribution in [0.15, 0.2) is 18.6 Å². The van der Waals surface area contributed by atoms with E-state index in [-0.39, 0.29) is 18.9 Å². The number of aromatic nitrogens is 3. The van der Waals surface area contributed by atoms with Crippen molar-refractivity contribution in [2.24, 2.45) is 0 Å². The number of carbonyl (C=O) groups excluding carboxylic acids is 2. The predicted molar refractivity (Wildman–Crippen MR) is 64.9 cm³/mol. The summed E-state index contributed by atoms with van der Waals surface area (Å²) in [6, 6.07) is 0. The highest BCUT2D eigenvalue weighted by Gasteiger charge is 2.14. The molecule has 7 nitrogen and oxygen atoms in total. The van der Waals surface area contributed by atoms with Crippen LogP contribution in [0.2, 0.25) is 0 Å². The summed E-state index contributed by atoms with van der Waals surface area (Å²) in [5.41, 5.74) is 0.442. The fraction of sp³-hybridized carbons (Fsp3) is 0.333. The monoisotopic (exact) mass is 263 g/mol. The van der Waals surface area contributed by atoms with E-state index in [1.54, 1.807) is 13.8 Å². The molecule has 0 aliphatic rings. The van der Waals surface area contributed by atoms with Crippen LogP contribution in [-0.4, -0.2) is 39.5 Å². The fourth-order valence-electron chi connectivity index (χ4n) is 1.51. The van der Waals surface area contributed by atoms with Crippen molar-refractivity contribution in [3.05, 3.63) is 29.8 Å². The highest BCUT2D eigenvalue weighted by Crippen LogP contribution is 2.07. The largest absolute Gasteiger partial charge is 0.462 e. The van der Waals surface area contributed by atoms with Crippen LogP contribution in [-0.2, 0) is 9.47 Å². The molecule has 0 radical (unpaired) electrons. The molecule has 0 saturated carbocycles. The van der Waals surface area contributed by atoms with Crippen molar-refractivity contribution in [2.75, 3.05) is 13.2 Å². The van der Waals surface area contributed by atoms with Crippen molar-refractivity contribution in [1.29, 1.82) is 0 Å². The van der Waals surface area contributed by atoms with E-state index in [4.69, 9.17) is 9.47 Å². The Bertz CT molecular complexity index is 604. The third-order valence-electron chi connectivity index (χ3n) is 2.31. The number of esters is 2. The molecule has 0 aliphatic carbocycles. The highest BCUT2D eigenvalue weighted by molar-refractivity contribution is 5.89. The molecule has 0 aromatic carbocycles. The zero-order valence-electron chi connectivity index (χ0n) is 10.6. The first kappa shape index (κ1) is 13.0. The standard InChI is InChI=1S/C12H13N3O4/c1-3-18-10(16)8-5-13-12-14-9(7-15(12)6-8)11(17)19-4-2/h5-7H,3-4H2,1-2H3. The number of hydrogen-bond donors (Lipinski definition) is 0. The van der Waals surface area contributed by atoms with E-state index in [0.717, 1.165) is 0 Å². The minimum absolute atomic E-state index is 0.148. The minimum atomic E-state index is -0.523. The van der Waals surface area contributed by atoms with E-state index in [0.29, 0.717) is 11.3 Å². The van der Waals surface area contributed by atoms with Crippen molar-refractivity contribution in [3.8, 4) is 0 Å². The van der Waals surface area contributed by atoms with Gasteiger partial charge < -0.3 is 9.47 Å². The van der Waals surface area contributed by atoms with Crippen LogP contribution in [0.3, 0.4) is 0 Å². The molecule has 2 heterocycles. The van der Waals surface area contributed by atoms with Gasteiger partial charge in [0.1, 0.15) is 0 Å². The third kappa shape index (κ3) is 2.70.